The smallest absolute Gasteiger partial charge is 0.264 e. The highest BCUT2D eigenvalue weighted by atomic mass is 35.5. The maximum absolute atomic E-state index is 13.4. The number of fused-ring (bicyclic) bond motifs is 1. The summed E-state index contributed by atoms with van der Waals surface area (Å²) in [6.45, 7) is 4.32. The monoisotopic (exact) mass is 419 g/mol. The van der Waals surface area contributed by atoms with Gasteiger partial charge in [0.25, 0.3) is 5.91 Å². The first-order valence-electron chi connectivity index (χ1n) is 9.78. The Labute approximate surface area is 180 Å². The van der Waals surface area contributed by atoms with E-state index in [0.717, 1.165) is 16.7 Å². The molecule has 3 aromatic carbocycles. The fourth-order valence-electron chi connectivity index (χ4n) is 4.00. The summed E-state index contributed by atoms with van der Waals surface area (Å²) >= 11 is 6.18. The molecule has 1 amide bonds. The number of nitrogens with zero attached hydrogens (tertiary/aromatic N) is 1. The van der Waals surface area contributed by atoms with Crippen molar-refractivity contribution in [2.45, 2.75) is 32.4 Å². The Morgan fingerprint density at radius 2 is 1.77 bits per heavy atom. The maximum atomic E-state index is 13.4. The van der Waals surface area contributed by atoms with Gasteiger partial charge in [0.2, 0.25) is 0 Å². The Balaban J connectivity index is 1.73. The van der Waals surface area contributed by atoms with Gasteiger partial charge in [0.15, 0.2) is 11.4 Å². The summed E-state index contributed by atoms with van der Waals surface area (Å²) in [6.07, 6.45) is -0.341. The molecule has 0 aromatic heterocycles. The maximum Gasteiger partial charge on any atom is 0.264 e. The van der Waals surface area contributed by atoms with E-state index < -0.39 is 11.5 Å². The van der Waals surface area contributed by atoms with E-state index in [9.17, 15) is 14.7 Å². The van der Waals surface area contributed by atoms with Crippen molar-refractivity contribution in [2.24, 2.45) is 0 Å². The molecule has 1 N–H and O–H groups in total. The first kappa shape index (κ1) is 20.3. The molecule has 152 valence electrons. The Hall–Kier alpha value is -2.95. The van der Waals surface area contributed by atoms with E-state index >= 15 is 0 Å². The molecule has 1 aliphatic heterocycles. The van der Waals surface area contributed by atoms with E-state index in [-0.39, 0.29) is 12.2 Å². The lowest BCUT2D eigenvalue weighted by Gasteiger charge is -2.23. The second-order valence-electron chi connectivity index (χ2n) is 7.81. The number of anilines is 1. The topological polar surface area (TPSA) is 57.6 Å². The molecule has 0 saturated heterocycles. The zero-order valence-corrected chi connectivity index (χ0v) is 17.6. The van der Waals surface area contributed by atoms with Gasteiger partial charge in [-0.1, -0.05) is 65.7 Å². The molecule has 30 heavy (non-hydrogen) atoms. The van der Waals surface area contributed by atoms with Crippen molar-refractivity contribution in [2.75, 3.05) is 4.90 Å². The third-order valence-corrected chi connectivity index (χ3v) is 5.87. The number of aryl methyl sites for hydroxylation is 2. The highest BCUT2D eigenvalue weighted by Gasteiger charge is 2.51. The van der Waals surface area contributed by atoms with Crippen LogP contribution in [0.1, 0.15) is 39.0 Å². The molecule has 1 heterocycles. The fourth-order valence-corrected chi connectivity index (χ4v) is 4.17. The summed E-state index contributed by atoms with van der Waals surface area (Å²) in [5.41, 5.74) is 2.63. The molecule has 0 unspecified atom stereocenters. The molecule has 0 bridgehead atoms. The number of benzene rings is 3. The third-order valence-electron chi connectivity index (χ3n) is 5.63. The number of ketones is 1. The Morgan fingerprint density at radius 3 is 2.47 bits per heavy atom. The molecule has 3 aromatic rings. The number of amides is 1. The van der Waals surface area contributed by atoms with Gasteiger partial charge in [-0.15, -0.1) is 0 Å². The summed E-state index contributed by atoms with van der Waals surface area (Å²) < 4.78 is 0. The molecule has 1 aliphatic rings. The van der Waals surface area contributed by atoms with Gasteiger partial charge in [-0.25, -0.2) is 0 Å². The lowest BCUT2D eigenvalue weighted by molar-refractivity contribution is -0.136. The number of rotatable bonds is 5. The van der Waals surface area contributed by atoms with Crippen LogP contribution in [0, 0.1) is 13.8 Å². The first-order valence-corrected chi connectivity index (χ1v) is 10.2. The van der Waals surface area contributed by atoms with E-state index in [0.29, 0.717) is 28.4 Å². The minimum Gasteiger partial charge on any atom is -0.375 e. The van der Waals surface area contributed by atoms with Crippen LogP contribution in [0.25, 0.3) is 0 Å². The minimum atomic E-state index is -1.95. The number of carbonyl (C=O) groups excluding carboxylic acids is 2. The molecular weight excluding hydrogens is 398 g/mol. The zero-order chi connectivity index (χ0) is 21.5. The largest absolute Gasteiger partial charge is 0.375 e. The third kappa shape index (κ3) is 3.53. The van der Waals surface area contributed by atoms with Gasteiger partial charge in [0, 0.05) is 16.1 Å². The highest BCUT2D eigenvalue weighted by Crippen LogP contribution is 2.44. The van der Waals surface area contributed by atoms with Crippen molar-refractivity contribution in [3.05, 3.63) is 99.6 Å². The molecule has 0 saturated carbocycles. The summed E-state index contributed by atoms with van der Waals surface area (Å²) in [6, 6.07) is 19.7. The molecule has 0 aliphatic carbocycles. The molecule has 5 heteroatoms. The van der Waals surface area contributed by atoms with Crippen LogP contribution in [0.3, 0.4) is 0 Å². The molecular formula is C25H22ClNO3. The van der Waals surface area contributed by atoms with E-state index in [4.69, 9.17) is 11.6 Å². The lowest BCUT2D eigenvalue weighted by atomic mass is 9.88. The summed E-state index contributed by atoms with van der Waals surface area (Å²) in [4.78, 5) is 27.8. The van der Waals surface area contributed by atoms with E-state index in [1.54, 1.807) is 47.4 Å². The average molecular weight is 420 g/mol. The molecule has 0 fully saturated rings. The van der Waals surface area contributed by atoms with E-state index in [1.165, 1.54) is 0 Å². The summed E-state index contributed by atoms with van der Waals surface area (Å²) in [5, 5.41) is 11.9. The van der Waals surface area contributed by atoms with E-state index in [1.807, 2.05) is 32.0 Å². The molecule has 0 spiro atoms. The predicted molar refractivity (Wildman–Crippen MR) is 118 cm³/mol. The molecule has 4 nitrogen and oxygen atoms in total. The summed E-state index contributed by atoms with van der Waals surface area (Å²) in [5.74, 6) is -0.810. The number of hydrogen-bond donors (Lipinski definition) is 1. The van der Waals surface area contributed by atoms with Gasteiger partial charge in [-0.3, -0.25) is 9.59 Å². The van der Waals surface area contributed by atoms with Gasteiger partial charge < -0.3 is 10.0 Å². The minimum absolute atomic E-state index is 0.300. The van der Waals surface area contributed by atoms with E-state index in [2.05, 4.69) is 6.07 Å². The number of carbonyl (C=O) groups is 2. The van der Waals surface area contributed by atoms with Crippen molar-refractivity contribution in [1.29, 1.82) is 0 Å². The molecule has 4 rings (SSSR count). The lowest BCUT2D eigenvalue weighted by Crippen LogP contribution is -2.41. The van der Waals surface area contributed by atoms with Crippen LogP contribution >= 0.6 is 11.6 Å². The van der Waals surface area contributed by atoms with Gasteiger partial charge in [-0.05, 0) is 43.2 Å². The Bertz CT molecular complexity index is 1140. The van der Waals surface area contributed by atoms with Crippen molar-refractivity contribution in [3.63, 3.8) is 0 Å². The molecule has 0 radical (unpaired) electrons. The zero-order valence-electron chi connectivity index (χ0n) is 16.9. The summed E-state index contributed by atoms with van der Waals surface area (Å²) in [7, 11) is 0. The van der Waals surface area contributed by atoms with Crippen LogP contribution in [0.5, 0.6) is 0 Å². The van der Waals surface area contributed by atoms with Crippen LogP contribution in [-0.2, 0) is 16.9 Å². The quantitative estimate of drug-likeness (QED) is 0.594. The number of halogens is 1. The van der Waals surface area contributed by atoms with Crippen molar-refractivity contribution in [3.8, 4) is 0 Å². The van der Waals surface area contributed by atoms with Gasteiger partial charge >= 0.3 is 0 Å². The first-order chi connectivity index (χ1) is 14.3. The normalized spacial score (nSPS) is 17.9. The molecule has 1 atom stereocenters. The second-order valence-corrected chi connectivity index (χ2v) is 8.25. The van der Waals surface area contributed by atoms with Crippen LogP contribution in [-0.4, -0.2) is 16.8 Å². The van der Waals surface area contributed by atoms with Crippen molar-refractivity contribution in [1.82, 2.24) is 0 Å². The standard InChI is InChI=1S/C25H22ClNO3/c1-16-8-9-19(17(2)12-16)15-27-22-11-10-20(26)13-21(22)25(30,24(27)29)14-23(28)18-6-4-3-5-7-18/h3-13,30H,14-15H2,1-2H3/t25-/m1/s1. The SMILES string of the molecule is Cc1ccc(CN2C(=O)[C@@](O)(CC(=O)c3ccccc3)c3cc(Cl)ccc32)c(C)c1. The Kier molecular flexibility index (Phi) is 5.22. The van der Waals surface area contributed by atoms with Crippen LogP contribution < -0.4 is 4.90 Å². The van der Waals surface area contributed by atoms with Crippen LogP contribution in [0.2, 0.25) is 5.02 Å². The van der Waals surface area contributed by atoms with Crippen LogP contribution in [0.15, 0.2) is 66.7 Å². The average Bonchev–Trinajstić information content (AvgIpc) is 2.92. The number of hydrogen-bond acceptors (Lipinski definition) is 3. The Morgan fingerprint density at radius 1 is 1.03 bits per heavy atom. The van der Waals surface area contributed by atoms with Gasteiger partial charge in [0.1, 0.15) is 0 Å². The van der Waals surface area contributed by atoms with Gasteiger partial charge in [0.05, 0.1) is 18.7 Å². The van der Waals surface area contributed by atoms with Crippen molar-refractivity contribution >= 4 is 29.0 Å². The fraction of sp³-hybridized carbons (Fsp3) is 0.200. The van der Waals surface area contributed by atoms with Crippen molar-refractivity contribution < 1.29 is 14.7 Å². The van der Waals surface area contributed by atoms with Gasteiger partial charge in [-0.2, -0.15) is 0 Å². The predicted octanol–water partition coefficient (Wildman–Crippen LogP) is 4.96. The van der Waals surface area contributed by atoms with Crippen LogP contribution in [0.4, 0.5) is 5.69 Å². The number of Topliss-reactive ketones (excluding diaryl/α,β-unsaturated/α-hetero) is 1. The number of aliphatic hydroxyl groups is 1. The second kappa shape index (κ2) is 7.71. The highest BCUT2D eigenvalue weighted by molar-refractivity contribution is 6.31.